The van der Waals surface area contributed by atoms with Crippen molar-refractivity contribution in [2.75, 3.05) is 51.2 Å². The first-order valence-electron chi connectivity index (χ1n) is 22.9. The van der Waals surface area contributed by atoms with Gasteiger partial charge in [-0.05, 0) is 0 Å². The Morgan fingerprint density at radius 3 is 2.08 bits per heavy atom. The molecule has 79 heavy (non-hydrogen) atoms. The molecule has 14 N–H and O–H groups in total. The Morgan fingerprint density at radius 1 is 0.797 bits per heavy atom. The van der Waals surface area contributed by atoms with Crippen LogP contribution in [0.1, 0.15) is 32.0 Å². The lowest BCUT2D eigenvalue weighted by molar-refractivity contribution is -0.745. The van der Waals surface area contributed by atoms with Crippen LogP contribution in [0, 0.1) is 11.8 Å². The second-order valence-corrected chi connectivity index (χ2v) is 23.9. The van der Waals surface area contributed by atoms with Crippen molar-refractivity contribution in [2.24, 2.45) is 18.9 Å². The van der Waals surface area contributed by atoms with E-state index in [1.165, 1.54) is 27.1 Å². The van der Waals surface area contributed by atoms with Gasteiger partial charge in [0.15, 0.2) is 47.6 Å². The number of anilines is 3. The third-order valence-electron chi connectivity index (χ3n) is 12.8. The maximum absolute atomic E-state index is 13.6. The van der Waals surface area contributed by atoms with Crippen LogP contribution >= 0.6 is 31.3 Å². The van der Waals surface area contributed by atoms with E-state index in [1.54, 1.807) is 14.0 Å². The highest BCUT2D eigenvalue weighted by Crippen LogP contribution is 2.68. The number of nitrogens with zero attached hydrogens (tertiary/aromatic N) is 10. The third kappa shape index (κ3) is 11.9. The molecule has 0 bridgehead atoms. The molecule has 16 atom stereocenters. The fraction of sp³-hybridized carbons (Fsp3) is 0.556. The van der Waals surface area contributed by atoms with Gasteiger partial charge in [0.1, 0.15) is 48.5 Å². The van der Waals surface area contributed by atoms with E-state index in [0.29, 0.717) is 0 Å². The number of nitrogen functional groups attached to an aromatic ring is 3. The van der Waals surface area contributed by atoms with Gasteiger partial charge in [0.25, 0.3) is 24.9 Å². The molecule has 39 nitrogen and oxygen atoms in total. The number of ether oxygens (including phenoxy) is 4. The van der Waals surface area contributed by atoms with Crippen LogP contribution in [0.3, 0.4) is 0 Å². The molecule has 3 fully saturated rings. The Kier molecular flexibility index (Phi) is 16.2. The Balaban J connectivity index is 0.876. The average Bonchev–Trinajstić information content (AvgIpc) is 4.31. The minimum absolute atomic E-state index is 0.000433. The monoisotopic (exact) mass is 1200 g/mol. The van der Waals surface area contributed by atoms with Crippen LogP contribution in [0.2, 0.25) is 0 Å². The van der Waals surface area contributed by atoms with Crippen molar-refractivity contribution in [1.29, 1.82) is 0 Å². The van der Waals surface area contributed by atoms with Gasteiger partial charge < -0.3 is 80.3 Å². The van der Waals surface area contributed by atoms with Crippen LogP contribution < -0.4 is 43.1 Å². The number of methoxy groups -OCH3 is 1. The summed E-state index contributed by atoms with van der Waals surface area (Å²) in [6, 6.07) is 0. The fourth-order valence-corrected chi connectivity index (χ4v) is 13.7. The summed E-state index contributed by atoms with van der Waals surface area (Å²) in [5.74, 6) is -2.55. The number of nitrogens with two attached hydrogens (primary N) is 3. The smallest absolute Gasteiger partial charge is 0.490 e. The van der Waals surface area contributed by atoms with E-state index >= 15 is 0 Å². The lowest BCUT2D eigenvalue weighted by Gasteiger charge is -2.31. The number of H-pyrrole nitrogens is 2. The van der Waals surface area contributed by atoms with Crippen molar-refractivity contribution >= 4 is 88.4 Å². The number of nitrogens with one attached hydrogen (secondary N) is 3. The number of aryl methyl sites for hydroxylation is 1. The lowest BCUT2D eigenvalue weighted by Crippen LogP contribution is -2.42. The van der Waals surface area contributed by atoms with Gasteiger partial charge in [0.05, 0.1) is 45.6 Å². The second kappa shape index (κ2) is 22.0. The third-order valence-corrected chi connectivity index (χ3v) is 18.0. The number of phosphoric acid groups is 4. The fourth-order valence-electron chi connectivity index (χ4n) is 9.25. The highest BCUT2D eigenvalue weighted by molar-refractivity contribution is 7.66. The number of rotatable bonds is 21. The predicted octanol–water partition coefficient (Wildman–Crippen LogP) is -3.68. The number of aliphatic hydroxyl groups is 2. The van der Waals surface area contributed by atoms with Gasteiger partial charge >= 0.3 is 29.1 Å². The number of carbonyl (C=O) groups excluding carboxylic acids is 1. The molecule has 9 heterocycles. The standard InChI is InChI=1S/C36H50N16O23P4/c1-13-14(5-18(53)40-2)15(70-32(13)52-12-49(3)21-29(52)46-36(39)48-31(21)57)6-68-77(60,61)74-79(64,65)75-78(62,63)69-8-17-24(25(66-4)34(72-17)50-10-43-19-26(37)41-9-42-27(19)50)73-76(58,59)67-7-16-22(54)23(55)33(71-16)51-11-44-20-28(51)45-35(38)47-30(20)56/h9-17,22-25,32-34,54-55H,5-8H2,1-4H3,(H12-,37,38,39,40,41,42,45,46,47,48,53,56,57,58,59,60,61,62,63,64,65)/t13-,14+,15-,16-,17-,22-,23-,24-,25-,32-,33-,34-/m1/s1. The van der Waals surface area contributed by atoms with E-state index in [4.69, 9.17) is 54.2 Å². The van der Waals surface area contributed by atoms with Crippen LogP contribution in [0.15, 0.2) is 34.9 Å². The SMILES string of the molecule is CNC(=O)C[C@H]1[C@@H](C)[C@H]([n+]2cn(C)c3c(=O)[nH]c(N)nc32)O[C@@H]1COP(=O)(O)OP(=O)(O)OP(=O)(O)OC[C@H]1O[C@@H](n2cnc3c(N)ncnc32)[C@H](OC)[C@@H]1OP(=O)([O-])OC[C@H]1O[C@@H](n2cnc3c(=O)[nH]c(N)nc32)[C@H](O)[C@@H]1O. The first-order chi connectivity index (χ1) is 37.1. The molecule has 3 aliphatic heterocycles. The number of aromatic nitrogens is 12. The Labute approximate surface area is 440 Å². The van der Waals surface area contributed by atoms with Gasteiger partial charge in [0, 0.05) is 32.4 Å². The van der Waals surface area contributed by atoms with Gasteiger partial charge in [-0.3, -0.25) is 51.7 Å². The zero-order valence-corrected chi connectivity index (χ0v) is 44.7. The molecular formula is C36H50N16O23P4. The van der Waals surface area contributed by atoms with Crippen molar-refractivity contribution in [2.45, 2.75) is 74.8 Å². The number of imidazole rings is 3. The van der Waals surface area contributed by atoms with Gasteiger partial charge in [-0.15, -0.1) is 0 Å². The van der Waals surface area contributed by atoms with E-state index in [0.717, 1.165) is 30.7 Å². The number of aliphatic hydroxyl groups excluding tert-OH is 2. The summed E-state index contributed by atoms with van der Waals surface area (Å²) < 4.78 is 111. The number of phosphoric ester groups is 3. The van der Waals surface area contributed by atoms with Crippen molar-refractivity contribution in [3.05, 3.63) is 46.0 Å². The molecule has 1 amide bonds. The molecule has 9 rings (SSSR count). The molecule has 6 aromatic rings. The highest BCUT2D eigenvalue weighted by atomic mass is 31.3. The topological polar surface area (TPSA) is 554 Å². The molecule has 0 spiro atoms. The second-order valence-electron chi connectivity index (χ2n) is 17.9. The minimum atomic E-state index is -6.19. The van der Waals surface area contributed by atoms with Crippen LogP contribution in [0.5, 0.6) is 0 Å². The number of aromatic amines is 2. The summed E-state index contributed by atoms with van der Waals surface area (Å²) in [7, 11) is -19.7. The van der Waals surface area contributed by atoms with Crippen molar-refractivity contribution in [3.8, 4) is 0 Å². The van der Waals surface area contributed by atoms with Crippen LogP contribution in [-0.2, 0) is 75.8 Å². The maximum Gasteiger partial charge on any atom is 0.490 e. The number of carbonyl (C=O) groups is 1. The molecule has 3 aliphatic rings. The number of fused-ring (bicyclic) bond motifs is 3. The van der Waals surface area contributed by atoms with Crippen molar-refractivity contribution in [1.82, 2.24) is 58.9 Å². The van der Waals surface area contributed by atoms with Gasteiger partial charge in [0.2, 0.25) is 17.4 Å². The van der Waals surface area contributed by atoms with Crippen LogP contribution in [0.4, 0.5) is 17.7 Å². The molecular weight excluding hydrogens is 1150 g/mol. The Morgan fingerprint density at radius 2 is 1.41 bits per heavy atom. The Bertz CT molecular complexity index is 3620. The molecule has 0 aliphatic carbocycles. The summed E-state index contributed by atoms with van der Waals surface area (Å²) >= 11 is 0. The largest absolute Gasteiger partial charge is 0.756 e. The molecule has 43 heteroatoms. The van der Waals surface area contributed by atoms with E-state index in [2.05, 4.69) is 53.8 Å². The van der Waals surface area contributed by atoms with Crippen molar-refractivity contribution < 1.29 is 103 Å². The Hall–Kier alpha value is -5.60. The molecule has 3 saturated heterocycles. The summed E-state index contributed by atoms with van der Waals surface area (Å²) in [5.41, 5.74) is 15.9. The van der Waals surface area contributed by atoms with E-state index in [-0.39, 0.29) is 57.6 Å². The minimum Gasteiger partial charge on any atom is -0.756 e. The predicted molar refractivity (Wildman–Crippen MR) is 256 cm³/mol. The summed E-state index contributed by atoms with van der Waals surface area (Å²) in [6.07, 6.45) is -11.4. The first kappa shape index (κ1) is 58.1. The average molecular weight is 1200 g/mol. The lowest BCUT2D eigenvalue weighted by atomic mass is 9.87. The van der Waals surface area contributed by atoms with Crippen LogP contribution in [0.25, 0.3) is 33.5 Å². The normalized spacial score (nSPS) is 29.4. The zero-order valence-electron chi connectivity index (χ0n) is 41.1. The van der Waals surface area contributed by atoms with E-state index < -0.39 is 141 Å². The molecule has 0 saturated carbocycles. The van der Waals surface area contributed by atoms with Gasteiger partial charge in [-0.2, -0.15) is 13.6 Å². The number of hydrogen-bond acceptors (Lipinski definition) is 29. The van der Waals surface area contributed by atoms with E-state index in [9.17, 15) is 62.4 Å². The zero-order chi connectivity index (χ0) is 57.3. The van der Waals surface area contributed by atoms with Gasteiger partial charge in [-0.1, -0.05) is 11.9 Å². The molecule has 0 radical (unpaired) electrons. The van der Waals surface area contributed by atoms with E-state index in [1.807, 2.05) is 0 Å². The number of amides is 1. The summed E-state index contributed by atoms with van der Waals surface area (Å²) in [6.45, 7) is -1.56. The quantitative estimate of drug-likeness (QED) is 0.0244. The maximum atomic E-state index is 13.6. The van der Waals surface area contributed by atoms with Crippen LogP contribution in [-0.4, -0.2) is 161 Å². The molecule has 4 unspecified atom stereocenters. The molecule has 432 valence electrons. The summed E-state index contributed by atoms with van der Waals surface area (Å²) in [4.78, 5) is 112. The highest BCUT2D eigenvalue weighted by Gasteiger charge is 2.53. The number of hydrogen-bond donors (Lipinski definition) is 11. The summed E-state index contributed by atoms with van der Waals surface area (Å²) in [5, 5.41) is 24.2. The molecule has 0 aromatic carbocycles. The van der Waals surface area contributed by atoms with Crippen molar-refractivity contribution in [3.63, 3.8) is 0 Å². The van der Waals surface area contributed by atoms with Gasteiger partial charge in [-0.25, -0.2) is 38.2 Å². The first-order valence-corrected chi connectivity index (χ1v) is 28.9. The molecule has 6 aromatic heterocycles.